The van der Waals surface area contributed by atoms with Crippen molar-refractivity contribution in [2.75, 3.05) is 5.75 Å². The molecule has 1 heterocycles. The molecule has 1 unspecified atom stereocenters. The standard InChI is InChI=1S/C24H25ClN4OS/c1-16(2)24(4,15-26)28-22(30)14-31-23-27-13-21(18-9-11-19(25)12-10-18)29(23)20-8-6-5-7-17(20)3/h5-13,16H,14H2,1-4H3,(H,28,30). The number of carbonyl (C=O) groups excluding carboxylic acids is 1. The van der Waals surface area contributed by atoms with E-state index in [1.165, 1.54) is 11.8 Å². The third kappa shape index (κ3) is 5.12. The molecule has 2 aromatic carbocycles. The Morgan fingerprint density at radius 2 is 1.94 bits per heavy atom. The zero-order valence-electron chi connectivity index (χ0n) is 18.0. The highest BCUT2D eigenvalue weighted by atomic mass is 35.5. The zero-order valence-corrected chi connectivity index (χ0v) is 19.6. The maximum Gasteiger partial charge on any atom is 0.231 e. The molecule has 0 bridgehead atoms. The van der Waals surface area contributed by atoms with Gasteiger partial charge in [-0.05, 0) is 43.5 Å². The van der Waals surface area contributed by atoms with Crippen LogP contribution in [0.1, 0.15) is 26.3 Å². The zero-order chi connectivity index (χ0) is 22.6. The molecular formula is C24H25ClN4OS. The first-order chi connectivity index (χ1) is 14.7. The lowest BCUT2D eigenvalue weighted by Crippen LogP contribution is -2.49. The van der Waals surface area contributed by atoms with Crippen LogP contribution < -0.4 is 5.32 Å². The van der Waals surface area contributed by atoms with Gasteiger partial charge in [-0.25, -0.2) is 4.98 Å². The number of halogens is 1. The predicted molar refractivity (Wildman–Crippen MR) is 126 cm³/mol. The van der Waals surface area contributed by atoms with Crippen LogP contribution in [0.15, 0.2) is 59.9 Å². The van der Waals surface area contributed by atoms with Gasteiger partial charge in [0.05, 0.1) is 29.4 Å². The van der Waals surface area contributed by atoms with Gasteiger partial charge in [-0.3, -0.25) is 9.36 Å². The number of carbonyl (C=O) groups is 1. The largest absolute Gasteiger partial charge is 0.337 e. The van der Waals surface area contributed by atoms with E-state index in [1.807, 2.05) is 75.5 Å². The van der Waals surface area contributed by atoms with E-state index in [0.717, 1.165) is 22.5 Å². The van der Waals surface area contributed by atoms with Crippen LogP contribution >= 0.6 is 23.4 Å². The molecule has 3 aromatic rings. The molecule has 1 atom stereocenters. The second kappa shape index (κ2) is 9.59. The van der Waals surface area contributed by atoms with Crippen molar-refractivity contribution in [1.82, 2.24) is 14.9 Å². The number of imidazole rings is 1. The van der Waals surface area contributed by atoms with Gasteiger partial charge < -0.3 is 5.32 Å². The Bertz CT molecular complexity index is 1120. The number of nitriles is 1. The maximum atomic E-state index is 12.6. The lowest BCUT2D eigenvalue weighted by molar-refractivity contribution is -0.120. The second-order valence-corrected chi connectivity index (χ2v) is 9.24. The lowest BCUT2D eigenvalue weighted by atomic mass is 9.90. The third-order valence-electron chi connectivity index (χ3n) is 5.34. The van der Waals surface area contributed by atoms with Crippen molar-refractivity contribution in [2.24, 2.45) is 5.92 Å². The molecule has 1 N–H and O–H groups in total. The average Bonchev–Trinajstić information content (AvgIpc) is 3.16. The molecule has 7 heteroatoms. The van der Waals surface area contributed by atoms with Crippen LogP contribution in [-0.2, 0) is 4.79 Å². The molecule has 31 heavy (non-hydrogen) atoms. The van der Waals surface area contributed by atoms with Crippen molar-refractivity contribution in [2.45, 2.75) is 38.4 Å². The first-order valence-electron chi connectivity index (χ1n) is 10.00. The van der Waals surface area contributed by atoms with Crippen LogP contribution in [0, 0.1) is 24.2 Å². The summed E-state index contributed by atoms with van der Waals surface area (Å²) >= 11 is 7.41. The maximum absolute atomic E-state index is 12.6. The monoisotopic (exact) mass is 452 g/mol. The molecule has 0 aliphatic rings. The van der Waals surface area contributed by atoms with Gasteiger partial charge in [-0.1, -0.05) is 67.5 Å². The van der Waals surface area contributed by atoms with Gasteiger partial charge in [0, 0.05) is 10.6 Å². The van der Waals surface area contributed by atoms with E-state index < -0.39 is 5.54 Å². The number of nitrogens with one attached hydrogen (secondary N) is 1. The number of amides is 1. The minimum Gasteiger partial charge on any atom is -0.337 e. The summed E-state index contributed by atoms with van der Waals surface area (Å²) in [5, 5.41) is 13.7. The highest BCUT2D eigenvalue weighted by Gasteiger charge is 2.30. The molecule has 1 aromatic heterocycles. The molecule has 3 rings (SSSR count). The van der Waals surface area contributed by atoms with Crippen LogP contribution in [0.4, 0.5) is 0 Å². The second-order valence-electron chi connectivity index (χ2n) is 7.86. The number of aryl methyl sites for hydroxylation is 1. The smallest absolute Gasteiger partial charge is 0.231 e. The van der Waals surface area contributed by atoms with Crippen molar-refractivity contribution >= 4 is 29.3 Å². The average molecular weight is 453 g/mol. The normalized spacial score (nSPS) is 12.9. The number of para-hydroxylation sites is 1. The SMILES string of the molecule is Cc1ccccc1-n1c(-c2ccc(Cl)cc2)cnc1SCC(=O)NC(C)(C#N)C(C)C. The summed E-state index contributed by atoms with van der Waals surface area (Å²) in [6, 6.07) is 17.9. The number of nitrogens with zero attached hydrogens (tertiary/aromatic N) is 3. The molecule has 0 spiro atoms. The van der Waals surface area contributed by atoms with Crippen LogP contribution in [0.2, 0.25) is 5.02 Å². The van der Waals surface area contributed by atoms with Crippen LogP contribution in [-0.4, -0.2) is 26.8 Å². The van der Waals surface area contributed by atoms with Gasteiger partial charge in [-0.2, -0.15) is 5.26 Å². The van der Waals surface area contributed by atoms with E-state index in [0.29, 0.717) is 10.2 Å². The van der Waals surface area contributed by atoms with Gasteiger partial charge >= 0.3 is 0 Å². The highest BCUT2D eigenvalue weighted by molar-refractivity contribution is 7.99. The molecule has 160 valence electrons. The van der Waals surface area contributed by atoms with Crippen LogP contribution in [0.5, 0.6) is 0 Å². The van der Waals surface area contributed by atoms with E-state index in [-0.39, 0.29) is 17.6 Å². The fourth-order valence-electron chi connectivity index (χ4n) is 3.07. The fraction of sp³-hybridized carbons (Fsp3) is 0.292. The molecule has 0 saturated carbocycles. The molecule has 0 aliphatic carbocycles. The van der Waals surface area contributed by atoms with E-state index in [9.17, 15) is 10.1 Å². The van der Waals surface area contributed by atoms with Crippen LogP contribution in [0.3, 0.4) is 0 Å². The molecule has 5 nitrogen and oxygen atoms in total. The Labute approximate surface area is 192 Å². The number of thioether (sulfide) groups is 1. The Morgan fingerprint density at radius 3 is 2.55 bits per heavy atom. The van der Waals surface area contributed by atoms with Crippen LogP contribution in [0.25, 0.3) is 16.9 Å². The summed E-state index contributed by atoms with van der Waals surface area (Å²) < 4.78 is 2.06. The summed E-state index contributed by atoms with van der Waals surface area (Å²) in [6.07, 6.45) is 1.81. The predicted octanol–water partition coefficient (Wildman–Crippen LogP) is 5.65. The summed E-state index contributed by atoms with van der Waals surface area (Å²) in [5.74, 6) is -0.0422. The topological polar surface area (TPSA) is 70.7 Å². The van der Waals surface area contributed by atoms with Crippen molar-refractivity contribution in [1.29, 1.82) is 5.26 Å². The van der Waals surface area contributed by atoms with E-state index in [4.69, 9.17) is 11.6 Å². The molecule has 1 amide bonds. The number of aromatic nitrogens is 2. The van der Waals surface area contributed by atoms with Crippen molar-refractivity contribution < 1.29 is 4.79 Å². The number of benzene rings is 2. The highest BCUT2D eigenvalue weighted by Crippen LogP contribution is 2.31. The number of hydrogen-bond acceptors (Lipinski definition) is 4. The van der Waals surface area contributed by atoms with Gasteiger partial charge in [-0.15, -0.1) is 0 Å². The van der Waals surface area contributed by atoms with E-state index in [1.54, 1.807) is 6.92 Å². The Balaban J connectivity index is 1.93. The molecule has 0 aliphatic heterocycles. The molecule has 0 fully saturated rings. The van der Waals surface area contributed by atoms with Gasteiger partial charge in [0.2, 0.25) is 5.91 Å². The number of rotatable bonds is 7. The van der Waals surface area contributed by atoms with Gasteiger partial charge in [0.25, 0.3) is 0 Å². The first kappa shape index (κ1) is 22.9. The fourth-order valence-corrected chi connectivity index (χ4v) is 3.98. The van der Waals surface area contributed by atoms with Gasteiger partial charge in [0.1, 0.15) is 5.54 Å². The summed E-state index contributed by atoms with van der Waals surface area (Å²) in [4.78, 5) is 17.2. The first-order valence-corrected chi connectivity index (χ1v) is 11.4. The molecule has 0 radical (unpaired) electrons. The molecule has 0 saturated heterocycles. The van der Waals surface area contributed by atoms with Crippen molar-refractivity contribution in [3.8, 4) is 23.0 Å². The lowest BCUT2D eigenvalue weighted by Gasteiger charge is -2.27. The third-order valence-corrected chi connectivity index (χ3v) is 6.55. The van der Waals surface area contributed by atoms with Gasteiger partial charge in [0.15, 0.2) is 5.16 Å². The summed E-state index contributed by atoms with van der Waals surface area (Å²) in [5.41, 5.74) is 3.08. The van der Waals surface area contributed by atoms with E-state index in [2.05, 4.69) is 20.9 Å². The number of hydrogen-bond donors (Lipinski definition) is 1. The van der Waals surface area contributed by atoms with E-state index >= 15 is 0 Å². The van der Waals surface area contributed by atoms with Crippen molar-refractivity contribution in [3.05, 3.63) is 65.3 Å². The molecular weight excluding hydrogens is 428 g/mol. The van der Waals surface area contributed by atoms with Crippen molar-refractivity contribution in [3.63, 3.8) is 0 Å². The Hall–Kier alpha value is -2.75. The minimum atomic E-state index is -0.905. The quantitative estimate of drug-likeness (QED) is 0.470. The Kier molecular flexibility index (Phi) is 7.09. The minimum absolute atomic E-state index is 0.00286. The summed E-state index contributed by atoms with van der Waals surface area (Å²) in [7, 11) is 0. The summed E-state index contributed by atoms with van der Waals surface area (Å²) in [6.45, 7) is 7.62. The Morgan fingerprint density at radius 1 is 1.26 bits per heavy atom.